The SMILES string of the molecule is NCC1[CH]CCCC1. The minimum absolute atomic E-state index is 0.740. The lowest BCUT2D eigenvalue weighted by atomic mass is 9.90. The Morgan fingerprint density at radius 2 is 2.38 bits per heavy atom. The Morgan fingerprint density at radius 1 is 1.50 bits per heavy atom. The number of rotatable bonds is 1. The molecule has 8 heavy (non-hydrogen) atoms. The lowest BCUT2D eigenvalue weighted by Crippen LogP contribution is -2.17. The molecule has 2 N–H and O–H groups in total. The zero-order chi connectivity index (χ0) is 5.82. The molecule has 0 aromatic heterocycles. The highest BCUT2D eigenvalue weighted by Gasteiger charge is 2.10. The predicted molar refractivity (Wildman–Crippen MR) is 35.3 cm³/mol. The molecule has 1 nitrogen and oxygen atoms in total. The van der Waals surface area contributed by atoms with Crippen LogP contribution in [0.4, 0.5) is 0 Å². The van der Waals surface area contributed by atoms with Gasteiger partial charge in [0.05, 0.1) is 0 Å². The summed E-state index contributed by atoms with van der Waals surface area (Å²) in [5.74, 6) is 0.740. The molecule has 1 radical (unpaired) electrons. The predicted octanol–water partition coefficient (Wildman–Crippen LogP) is 1.34. The quantitative estimate of drug-likeness (QED) is 0.544. The van der Waals surface area contributed by atoms with Gasteiger partial charge < -0.3 is 5.73 Å². The molecule has 1 rings (SSSR count). The zero-order valence-electron chi connectivity index (χ0n) is 5.27. The van der Waals surface area contributed by atoms with E-state index < -0.39 is 0 Å². The minimum Gasteiger partial charge on any atom is -0.330 e. The van der Waals surface area contributed by atoms with E-state index >= 15 is 0 Å². The maximum atomic E-state index is 5.47. The molecule has 1 fully saturated rings. The van der Waals surface area contributed by atoms with Gasteiger partial charge in [0.2, 0.25) is 0 Å². The normalized spacial score (nSPS) is 23.6. The van der Waals surface area contributed by atoms with E-state index in [4.69, 9.17) is 5.73 Å². The van der Waals surface area contributed by atoms with Gasteiger partial charge in [-0.15, -0.1) is 0 Å². The van der Waals surface area contributed by atoms with Gasteiger partial charge in [-0.3, -0.25) is 0 Å². The van der Waals surface area contributed by atoms with Crippen LogP contribution in [-0.2, 0) is 0 Å². The molecule has 0 aromatic carbocycles. The van der Waals surface area contributed by atoms with E-state index in [1.807, 2.05) is 0 Å². The Bertz CT molecular complexity index is 55.4. The van der Waals surface area contributed by atoms with E-state index in [1.165, 1.54) is 25.7 Å². The largest absolute Gasteiger partial charge is 0.330 e. The van der Waals surface area contributed by atoms with Gasteiger partial charge in [-0.25, -0.2) is 0 Å². The molecule has 1 unspecified atom stereocenters. The van der Waals surface area contributed by atoms with Gasteiger partial charge in [-0.2, -0.15) is 0 Å². The molecule has 1 aliphatic rings. The first kappa shape index (κ1) is 6.09. The second-order valence-electron chi connectivity index (χ2n) is 2.52. The van der Waals surface area contributed by atoms with Crippen molar-refractivity contribution in [3.63, 3.8) is 0 Å². The van der Waals surface area contributed by atoms with Crippen LogP contribution in [0.1, 0.15) is 25.7 Å². The van der Waals surface area contributed by atoms with Crippen LogP contribution in [0.3, 0.4) is 0 Å². The first-order valence-electron chi connectivity index (χ1n) is 3.47. The summed E-state index contributed by atoms with van der Waals surface area (Å²) < 4.78 is 0. The Labute approximate surface area is 51.3 Å². The average Bonchev–Trinajstić information content (AvgIpc) is 1.90. The highest BCUT2D eigenvalue weighted by atomic mass is 14.5. The molecule has 47 valence electrons. The molecule has 0 bridgehead atoms. The van der Waals surface area contributed by atoms with Crippen molar-refractivity contribution in [2.75, 3.05) is 6.54 Å². The first-order chi connectivity index (χ1) is 3.93. The number of hydrogen-bond acceptors (Lipinski definition) is 1. The molecule has 1 heteroatoms. The third kappa shape index (κ3) is 1.48. The molecule has 0 amide bonds. The monoisotopic (exact) mass is 112 g/mol. The molecular formula is C7H14N. The van der Waals surface area contributed by atoms with E-state index in [2.05, 4.69) is 6.42 Å². The second-order valence-corrected chi connectivity index (χ2v) is 2.52. The van der Waals surface area contributed by atoms with Crippen LogP contribution >= 0.6 is 0 Å². The molecule has 1 aliphatic carbocycles. The van der Waals surface area contributed by atoms with Crippen LogP contribution in [-0.4, -0.2) is 6.54 Å². The van der Waals surface area contributed by atoms with Crippen molar-refractivity contribution in [3.8, 4) is 0 Å². The lowest BCUT2D eigenvalue weighted by molar-refractivity contribution is 0.453. The van der Waals surface area contributed by atoms with Gasteiger partial charge in [0.1, 0.15) is 0 Å². The highest BCUT2D eigenvalue weighted by molar-refractivity contribution is 4.80. The van der Waals surface area contributed by atoms with Crippen molar-refractivity contribution in [2.45, 2.75) is 25.7 Å². The van der Waals surface area contributed by atoms with Crippen LogP contribution in [0.15, 0.2) is 0 Å². The van der Waals surface area contributed by atoms with E-state index in [-0.39, 0.29) is 0 Å². The Balaban J connectivity index is 2.13. The van der Waals surface area contributed by atoms with E-state index in [1.54, 1.807) is 0 Å². The van der Waals surface area contributed by atoms with E-state index in [0.29, 0.717) is 0 Å². The molecule has 0 saturated heterocycles. The third-order valence-corrected chi connectivity index (χ3v) is 1.83. The zero-order valence-corrected chi connectivity index (χ0v) is 5.27. The van der Waals surface area contributed by atoms with Crippen LogP contribution in [0, 0.1) is 12.3 Å². The van der Waals surface area contributed by atoms with Crippen LogP contribution < -0.4 is 5.73 Å². The molecule has 1 atom stereocenters. The Kier molecular flexibility index (Phi) is 2.34. The second kappa shape index (κ2) is 3.08. The maximum Gasteiger partial charge on any atom is -0.00461 e. The Hall–Kier alpha value is -0.0400. The van der Waals surface area contributed by atoms with Gasteiger partial charge in [-0.1, -0.05) is 12.8 Å². The maximum absolute atomic E-state index is 5.47. The summed E-state index contributed by atoms with van der Waals surface area (Å²) in [6.45, 7) is 0.861. The summed E-state index contributed by atoms with van der Waals surface area (Å²) >= 11 is 0. The van der Waals surface area contributed by atoms with Gasteiger partial charge in [0, 0.05) is 0 Å². The smallest absolute Gasteiger partial charge is 0.00461 e. The van der Waals surface area contributed by atoms with E-state index in [9.17, 15) is 0 Å². The van der Waals surface area contributed by atoms with Crippen molar-refractivity contribution in [2.24, 2.45) is 11.7 Å². The summed E-state index contributed by atoms with van der Waals surface area (Å²) in [5.41, 5.74) is 5.47. The fourth-order valence-corrected chi connectivity index (χ4v) is 1.24. The van der Waals surface area contributed by atoms with Crippen molar-refractivity contribution in [1.82, 2.24) is 0 Å². The van der Waals surface area contributed by atoms with Crippen LogP contribution in [0.2, 0.25) is 0 Å². The third-order valence-electron chi connectivity index (χ3n) is 1.83. The molecule has 0 aromatic rings. The minimum atomic E-state index is 0.740. The summed E-state index contributed by atoms with van der Waals surface area (Å²) in [6.07, 6.45) is 7.76. The standard InChI is InChI=1S/C7H14N/c8-6-7-4-2-1-3-5-7/h4,7H,1-3,5-6,8H2. The number of hydrogen-bond donors (Lipinski definition) is 1. The molecular weight excluding hydrogens is 98.1 g/mol. The topological polar surface area (TPSA) is 26.0 Å². The summed E-state index contributed by atoms with van der Waals surface area (Å²) in [7, 11) is 0. The summed E-state index contributed by atoms with van der Waals surface area (Å²) in [6, 6.07) is 0. The lowest BCUT2D eigenvalue weighted by Gasteiger charge is -2.18. The fraction of sp³-hybridized carbons (Fsp3) is 0.857. The fourth-order valence-electron chi connectivity index (χ4n) is 1.24. The van der Waals surface area contributed by atoms with Crippen LogP contribution in [0.5, 0.6) is 0 Å². The molecule has 0 aliphatic heterocycles. The summed E-state index contributed by atoms with van der Waals surface area (Å²) in [4.78, 5) is 0. The average molecular weight is 112 g/mol. The van der Waals surface area contributed by atoms with Crippen molar-refractivity contribution in [3.05, 3.63) is 6.42 Å². The van der Waals surface area contributed by atoms with Crippen molar-refractivity contribution < 1.29 is 0 Å². The van der Waals surface area contributed by atoms with Gasteiger partial charge in [0.25, 0.3) is 0 Å². The van der Waals surface area contributed by atoms with Crippen LogP contribution in [0.25, 0.3) is 0 Å². The van der Waals surface area contributed by atoms with E-state index in [0.717, 1.165) is 12.5 Å². The molecule has 1 saturated carbocycles. The first-order valence-corrected chi connectivity index (χ1v) is 3.47. The van der Waals surface area contributed by atoms with Crippen molar-refractivity contribution >= 4 is 0 Å². The Morgan fingerprint density at radius 3 is 2.75 bits per heavy atom. The molecule has 0 spiro atoms. The van der Waals surface area contributed by atoms with Gasteiger partial charge in [0.15, 0.2) is 0 Å². The number of nitrogens with two attached hydrogens (primary N) is 1. The highest BCUT2D eigenvalue weighted by Crippen LogP contribution is 2.20. The van der Waals surface area contributed by atoms with Gasteiger partial charge in [-0.05, 0) is 31.7 Å². The molecule has 0 heterocycles. The summed E-state index contributed by atoms with van der Waals surface area (Å²) in [5, 5.41) is 0. The van der Waals surface area contributed by atoms with Crippen molar-refractivity contribution in [1.29, 1.82) is 0 Å². The van der Waals surface area contributed by atoms with Gasteiger partial charge >= 0.3 is 0 Å².